The number of hydrogen-bond donors (Lipinski definition) is 1. The SMILES string of the molecule is CCc1ccc(Oc2ccc(C3(CC(=O)NOC4CCCCO4)CCN(C(=O)c4cnccn4)CCS3(=O)=O)cc2)cc1. The number of aromatic nitrogens is 2. The van der Waals surface area contributed by atoms with Crippen molar-refractivity contribution in [2.75, 3.05) is 25.4 Å². The van der Waals surface area contributed by atoms with Crippen LogP contribution in [0.1, 0.15) is 60.6 Å². The summed E-state index contributed by atoms with van der Waals surface area (Å²) >= 11 is 0. The highest BCUT2D eigenvalue weighted by atomic mass is 32.2. The molecule has 0 spiro atoms. The number of carbonyl (C=O) groups excluding carboxylic acids is 2. The molecule has 3 aromatic rings. The second-order valence-electron chi connectivity index (χ2n) is 10.7. The molecule has 2 atom stereocenters. The summed E-state index contributed by atoms with van der Waals surface area (Å²) in [6.45, 7) is 2.66. The van der Waals surface area contributed by atoms with Gasteiger partial charge in [-0.2, -0.15) is 0 Å². The minimum absolute atomic E-state index is 0.00658. The molecule has 0 bridgehead atoms. The molecule has 0 saturated carbocycles. The normalized spacial score (nSPS) is 21.9. The largest absolute Gasteiger partial charge is 0.457 e. The van der Waals surface area contributed by atoms with E-state index in [4.69, 9.17) is 14.3 Å². The van der Waals surface area contributed by atoms with Crippen molar-refractivity contribution in [2.45, 2.75) is 56.5 Å². The van der Waals surface area contributed by atoms with Gasteiger partial charge in [0.1, 0.15) is 21.9 Å². The maximum atomic E-state index is 14.1. The number of rotatable bonds is 9. The second-order valence-corrected chi connectivity index (χ2v) is 13.1. The summed E-state index contributed by atoms with van der Waals surface area (Å²) in [6, 6.07) is 14.5. The summed E-state index contributed by atoms with van der Waals surface area (Å²) in [5.74, 6) is -0.167. The molecule has 1 N–H and O–H groups in total. The number of carbonyl (C=O) groups is 2. The van der Waals surface area contributed by atoms with Crippen molar-refractivity contribution in [1.82, 2.24) is 20.3 Å². The first-order valence-corrected chi connectivity index (χ1v) is 16.2. The van der Waals surface area contributed by atoms with Gasteiger partial charge >= 0.3 is 0 Å². The minimum Gasteiger partial charge on any atom is -0.457 e. The fraction of sp³-hybridized carbons (Fsp3) is 0.419. The number of hydrogen-bond acceptors (Lipinski definition) is 9. The molecule has 0 radical (unpaired) electrons. The summed E-state index contributed by atoms with van der Waals surface area (Å²) in [6.07, 6.45) is 6.61. The van der Waals surface area contributed by atoms with Crippen LogP contribution in [0.5, 0.6) is 11.5 Å². The molecule has 2 amide bonds. The summed E-state index contributed by atoms with van der Waals surface area (Å²) < 4.78 is 38.0. The Labute approximate surface area is 251 Å². The molecular formula is C31H36N4O7S. The molecule has 12 heteroatoms. The van der Waals surface area contributed by atoms with Gasteiger partial charge in [0.05, 0.1) is 18.4 Å². The van der Waals surface area contributed by atoms with Crippen LogP contribution < -0.4 is 10.2 Å². The zero-order valence-corrected chi connectivity index (χ0v) is 24.9. The number of nitrogens with zero attached hydrogens (tertiary/aromatic N) is 3. The summed E-state index contributed by atoms with van der Waals surface area (Å²) in [7, 11) is -3.96. The van der Waals surface area contributed by atoms with E-state index in [9.17, 15) is 18.0 Å². The van der Waals surface area contributed by atoms with Crippen molar-refractivity contribution in [3.05, 3.63) is 83.9 Å². The Bertz CT molecular complexity index is 1500. The second kappa shape index (κ2) is 13.6. The molecule has 2 saturated heterocycles. The minimum atomic E-state index is -3.96. The van der Waals surface area contributed by atoms with Crippen molar-refractivity contribution < 1.29 is 32.3 Å². The smallest absolute Gasteiger partial charge is 0.274 e. The molecule has 0 aliphatic carbocycles. The molecule has 11 nitrogen and oxygen atoms in total. The van der Waals surface area contributed by atoms with Crippen LogP contribution in [-0.4, -0.2) is 66.8 Å². The van der Waals surface area contributed by atoms with Crippen molar-refractivity contribution in [1.29, 1.82) is 0 Å². The van der Waals surface area contributed by atoms with Gasteiger partial charge in [0.15, 0.2) is 16.1 Å². The third-order valence-electron chi connectivity index (χ3n) is 7.92. The Hall–Kier alpha value is -3.87. The van der Waals surface area contributed by atoms with Gasteiger partial charge in [-0.05, 0) is 61.1 Å². The lowest BCUT2D eigenvalue weighted by molar-refractivity contribution is -0.200. The van der Waals surface area contributed by atoms with Crippen LogP contribution in [-0.2, 0) is 35.4 Å². The van der Waals surface area contributed by atoms with E-state index in [-0.39, 0.29) is 31.0 Å². The van der Waals surface area contributed by atoms with Crippen molar-refractivity contribution >= 4 is 21.7 Å². The van der Waals surface area contributed by atoms with E-state index >= 15 is 0 Å². The van der Waals surface area contributed by atoms with E-state index in [1.54, 1.807) is 24.3 Å². The Morgan fingerprint density at radius 3 is 2.44 bits per heavy atom. The van der Waals surface area contributed by atoms with Crippen LogP contribution in [0.4, 0.5) is 0 Å². The lowest BCUT2D eigenvalue weighted by Gasteiger charge is -2.32. The molecule has 1 aromatic heterocycles. The van der Waals surface area contributed by atoms with Gasteiger partial charge in [0.25, 0.3) is 5.91 Å². The van der Waals surface area contributed by atoms with Gasteiger partial charge < -0.3 is 14.4 Å². The van der Waals surface area contributed by atoms with Crippen LogP contribution in [0, 0.1) is 0 Å². The number of sulfone groups is 1. The lowest BCUT2D eigenvalue weighted by Crippen LogP contribution is -2.43. The van der Waals surface area contributed by atoms with E-state index in [2.05, 4.69) is 22.4 Å². The molecule has 5 rings (SSSR count). The average Bonchev–Trinajstić information content (AvgIpc) is 3.17. The highest BCUT2D eigenvalue weighted by molar-refractivity contribution is 7.92. The van der Waals surface area contributed by atoms with Crippen molar-refractivity contribution in [2.24, 2.45) is 0 Å². The van der Waals surface area contributed by atoms with Crippen LogP contribution >= 0.6 is 0 Å². The van der Waals surface area contributed by atoms with E-state index in [0.29, 0.717) is 30.1 Å². The fourth-order valence-corrected chi connectivity index (χ4v) is 7.49. The Morgan fingerprint density at radius 1 is 1.05 bits per heavy atom. The quantitative estimate of drug-likeness (QED) is 0.358. The fourth-order valence-electron chi connectivity index (χ4n) is 5.39. The number of amides is 2. The van der Waals surface area contributed by atoms with Gasteiger partial charge in [0.2, 0.25) is 5.91 Å². The zero-order valence-electron chi connectivity index (χ0n) is 24.1. The average molecular weight is 609 g/mol. The van der Waals surface area contributed by atoms with Crippen molar-refractivity contribution in [3.8, 4) is 11.5 Å². The van der Waals surface area contributed by atoms with Gasteiger partial charge in [-0.25, -0.2) is 23.7 Å². The van der Waals surface area contributed by atoms with Crippen LogP contribution in [0.15, 0.2) is 67.1 Å². The Balaban J connectivity index is 1.40. The zero-order chi connectivity index (χ0) is 30.3. The maximum Gasteiger partial charge on any atom is 0.274 e. The van der Waals surface area contributed by atoms with E-state index in [1.165, 1.54) is 29.1 Å². The summed E-state index contributed by atoms with van der Waals surface area (Å²) in [4.78, 5) is 41.4. The summed E-state index contributed by atoms with van der Waals surface area (Å²) in [5.41, 5.74) is 4.16. The van der Waals surface area contributed by atoms with Gasteiger partial charge in [0, 0.05) is 38.5 Å². The van der Waals surface area contributed by atoms with Crippen LogP contribution in [0.3, 0.4) is 0 Å². The molecule has 2 aliphatic rings. The predicted molar refractivity (Wildman–Crippen MR) is 158 cm³/mol. The number of ether oxygens (including phenoxy) is 2. The summed E-state index contributed by atoms with van der Waals surface area (Å²) in [5, 5.41) is 0. The van der Waals surface area contributed by atoms with Crippen LogP contribution in [0.2, 0.25) is 0 Å². The third-order valence-corrected chi connectivity index (χ3v) is 10.4. The first kappa shape index (κ1) is 30.6. The number of aryl methyl sites for hydroxylation is 1. The molecule has 228 valence electrons. The molecule has 2 aromatic carbocycles. The monoisotopic (exact) mass is 608 g/mol. The molecule has 43 heavy (non-hydrogen) atoms. The standard InChI is InChI=1S/C31H36N4O7S/c1-2-23-6-10-25(11-7-23)41-26-12-8-24(9-13-26)31(21-28(36)34-42-29-5-3-4-19-40-29)14-17-35(18-20-43(31,38)39)30(37)27-22-32-15-16-33-27/h6-13,15-16,22,29H,2-5,14,17-21H2,1H3,(H,34,36). The number of hydroxylamine groups is 1. The molecule has 3 heterocycles. The molecule has 2 fully saturated rings. The van der Waals surface area contributed by atoms with Crippen molar-refractivity contribution in [3.63, 3.8) is 0 Å². The first-order valence-electron chi connectivity index (χ1n) is 14.5. The molecule has 2 unspecified atom stereocenters. The maximum absolute atomic E-state index is 14.1. The van der Waals surface area contributed by atoms with E-state index < -0.39 is 39.1 Å². The van der Waals surface area contributed by atoms with E-state index in [1.807, 2.05) is 24.3 Å². The van der Waals surface area contributed by atoms with E-state index in [0.717, 1.165) is 19.3 Å². The highest BCUT2D eigenvalue weighted by Gasteiger charge is 2.49. The number of benzene rings is 2. The Kier molecular flexibility index (Phi) is 9.69. The first-order chi connectivity index (χ1) is 20.8. The van der Waals surface area contributed by atoms with Gasteiger partial charge in [-0.3, -0.25) is 14.6 Å². The van der Waals surface area contributed by atoms with Gasteiger partial charge in [-0.15, -0.1) is 0 Å². The molecular weight excluding hydrogens is 572 g/mol. The Morgan fingerprint density at radius 2 is 1.79 bits per heavy atom. The lowest BCUT2D eigenvalue weighted by atomic mass is 9.90. The highest BCUT2D eigenvalue weighted by Crippen LogP contribution is 2.41. The topological polar surface area (TPSA) is 137 Å². The predicted octanol–water partition coefficient (Wildman–Crippen LogP) is 3.95. The van der Waals surface area contributed by atoms with Crippen LogP contribution in [0.25, 0.3) is 0 Å². The molecule has 2 aliphatic heterocycles. The number of nitrogens with one attached hydrogen (secondary N) is 1. The van der Waals surface area contributed by atoms with Gasteiger partial charge in [-0.1, -0.05) is 31.2 Å². The third kappa shape index (κ3) is 7.20.